The summed E-state index contributed by atoms with van der Waals surface area (Å²) in [6, 6.07) is 0. The minimum Gasteiger partial charge on any atom is -0.380 e. The van der Waals surface area contributed by atoms with Gasteiger partial charge in [-0.25, -0.2) is 9.69 Å². The summed E-state index contributed by atoms with van der Waals surface area (Å²) in [6.45, 7) is 31.0. The third kappa shape index (κ3) is 4.61. The molecule has 0 radical (unpaired) electrons. The fourth-order valence-electron chi connectivity index (χ4n) is 10.4. The van der Waals surface area contributed by atoms with Crippen LogP contribution in [-0.2, 0) is 23.9 Å². The van der Waals surface area contributed by atoms with Gasteiger partial charge in [0.15, 0.2) is 23.1 Å². The molecule has 0 aromatic carbocycles. The van der Waals surface area contributed by atoms with Gasteiger partial charge in [0.05, 0.1) is 19.2 Å². The smallest absolute Gasteiger partial charge is 0.226 e. The van der Waals surface area contributed by atoms with Crippen molar-refractivity contribution in [2.75, 3.05) is 7.11 Å². The summed E-state index contributed by atoms with van der Waals surface area (Å²) in [7, 11) is 1.66. The highest BCUT2D eigenvalue weighted by molar-refractivity contribution is 6.04. The highest BCUT2D eigenvalue weighted by Crippen LogP contribution is 2.65. The summed E-state index contributed by atoms with van der Waals surface area (Å²) >= 11 is 0. The number of ketones is 4. The first kappa shape index (κ1) is 33.7. The highest BCUT2D eigenvalue weighted by atomic mass is 16.5. The molecule has 0 N–H and O–H groups in total. The van der Waals surface area contributed by atoms with Gasteiger partial charge in [0.1, 0.15) is 0 Å². The van der Waals surface area contributed by atoms with Gasteiger partial charge in [0.25, 0.3) is 0 Å². The first-order valence-corrected chi connectivity index (χ1v) is 16.3. The minimum absolute atomic E-state index is 0.00168. The van der Waals surface area contributed by atoms with E-state index in [4.69, 9.17) is 17.9 Å². The third-order valence-electron chi connectivity index (χ3n) is 12.8. The van der Waals surface area contributed by atoms with Crippen LogP contribution < -0.4 is 0 Å². The summed E-state index contributed by atoms with van der Waals surface area (Å²) in [4.78, 5) is 56.5. The molecule has 0 aromatic heterocycles. The van der Waals surface area contributed by atoms with Crippen LogP contribution in [0.4, 0.5) is 0 Å². The van der Waals surface area contributed by atoms with Gasteiger partial charge in [-0.1, -0.05) is 73.6 Å². The Kier molecular flexibility index (Phi) is 7.82. The molecule has 2 fully saturated rings. The normalized spacial score (nSPS) is 40.1. The van der Waals surface area contributed by atoms with Crippen LogP contribution in [0.1, 0.15) is 87.5 Å². The summed E-state index contributed by atoms with van der Waals surface area (Å²) in [5, 5.41) is 0. The van der Waals surface area contributed by atoms with E-state index in [1.165, 1.54) is 0 Å². The number of carbonyl (C=O) groups excluding carboxylic acids is 4. The average Bonchev–Trinajstić information content (AvgIpc) is 2.98. The van der Waals surface area contributed by atoms with E-state index in [0.29, 0.717) is 6.42 Å². The van der Waals surface area contributed by atoms with Crippen molar-refractivity contribution in [1.82, 2.24) is 0 Å². The van der Waals surface area contributed by atoms with Gasteiger partial charge in [-0.05, 0) is 66.9 Å². The van der Waals surface area contributed by atoms with Crippen LogP contribution in [0.5, 0.6) is 0 Å². The number of hydrogen-bond acceptors (Lipinski definition) is 5. The zero-order chi connectivity index (χ0) is 34.3. The monoisotopic (exact) mass is 622 g/mol. The van der Waals surface area contributed by atoms with Gasteiger partial charge in [-0.3, -0.25) is 9.59 Å². The molecule has 0 aromatic rings. The van der Waals surface area contributed by atoms with Gasteiger partial charge >= 0.3 is 0 Å². The molecule has 0 bridgehead atoms. The minimum atomic E-state index is -0.603. The molecular weight excluding hydrogens is 576 g/mol. The Bertz CT molecular complexity index is 1690. The van der Waals surface area contributed by atoms with Crippen LogP contribution in [0.2, 0.25) is 0 Å². The number of Topliss-reactive ketones (excluding diaryl/α,β-unsaturated/α-hetero) is 2. The van der Waals surface area contributed by atoms with Crippen molar-refractivity contribution in [2.24, 2.45) is 44.3 Å². The van der Waals surface area contributed by atoms with Crippen molar-refractivity contribution in [3.8, 4) is 0 Å². The van der Waals surface area contributed by atoms with Crippen LogP contribution >= 0.6 is 0 Å². The van der Waals surface area contributed by atoms with Crippen LogP contribution in [-0.4, -0.2) is 36.3 Å². The molecule has 0 amide bonds. The predicted molar refractivity (Wildman–Crippen MR) is 176 cm³/mol. The van der Waals surface area contributed by atoms with Crippen LogP contribution in [0.25, 0.3) is 9.69 Å². The number of nitrogens with zero attached hydrogens (tertiary/aromatic N) is 2. The van der Waals surface area contributed by atoms with E-state index >= 15 is 0 Å². The number of allylic oxidation sites excluding steroid dienone is 9. The van der Waals surface area contributed by atoms with E-state index in [1.54, 1.807) is 25.3 Å². The van der Waals surface area contributed by atoms with E-state index in [1.807, 2.05) is 45.9 Å². The number of rotatable bonds is 1. The molecule has 6 aliphatic carbocycles. The highest BCUT2D eigenvalue weighted by Gasteiger charge is 2.61. The predicted octanol–water partition coefficient (Wildman–Crippen LogP) is 7.62. The fraction of sp³-hybridized carbons (Fsp3) is 0.590. The Morgan fingerprint density at radius 2 is 1.24 bits per heavy atom. The maximum Gasteiger partial charge on any atom is 0.226 e. The Morgan fingerprint density at radius 3 is 1.74 bits per heavy atom. The zero-order valence-electron chi connectivity index (χ0n) is 28.7. The average molecular weight is 623 g/mol. The molecule has 0 heterocycles. The number of ether oxygens (including phenoxy) is 1. The summed E-state index contributed by atoms with van der Waals surface area (Å²) in [5.41, 5.74) is 0.0906. The number of methoxy groups -OCH3 is 1. The molecule has 2 saturated carbocycles. The van der Waals surface area contributed by atoms with Crippen LogP contribution in [0, 0.1) is 57.5 Å². The second kappa shape index (κ2) is 10.7. The van der Waals surface area contributed by atoms with E-state index in [0.717, 1.165) is 36.8 Å². The van der Waals surface area contributed by atoms with E-state index in [2.05, 4.69) is 37.4 Å². The lowest BCUT2D eigenvalue weighted by molar-refractivity contribution is -0.133. The Labute approximate surface area is 273 Å². The molecule has 0 unspecified atom stereocenters. The Hall–Kier alpha value is -3.68. The number of carbonyl (C=O) groups is 4. The molecule has 6 aliphatic rings. The first-order chi connectivity index (χ1) is 21.3. The van der Waals surface area contributed by atoms with Gasteiger partial charge in [0, 0.05) is 46.0 Å². The second-order valence-electron chi connectivity index (χ2n) is 16.2. The lowest BCUT2D eigenvalue weighted by Crippen LogP contribution is -2.56. The molecular formula is C39H46N2O5. The van der Waals surface area contributed by atoms with Crippen molar-refractivity contribution in [2.45, 2.75) is 93.6 Å². The Morgan fingerprint density at radius 1 is 0.739 bits per heavy atom. The fourth-order valence-corrected chi connectivity index (χ4v) is 10.4. The largest absolute Gasteiger partial charge is 0.380 e. The lowest BCUT2D eigenvalue weighted by Gasteiger charge is -2.59. The summed E-state index contributed by atoms with van der Waals surface area (Å²) < 4.78 is 5.68. The molecule has 0 spiro atoms. The SMILES string of the molecule is [C-]#[N+]C1=C[C@]2(C)C3=CC(=O)C=C[C@]3(C)CC[C@H]2C(C)(C)C1=O.[C-]#[N+]C1=C[C@]2(C)C3=CC(=O)C[C@@H](OC)[C@]3(C)CC[C@H]2C(C)(C)C1=O. The van der Waals surface area contributed by atoms with Gasteiger partial charge < -0.3 is 14.3 Å². The van der Waals surface area contributed by atoms with Crippen molar-refractivity contribution in [3.63, 3.8) is 0 Å². The first-order valence-electron chi connectivity index (χ1n) is 16.3. The second-order valence-corrected chi connectivity index (χ2v) is 16.2. The van der Waals surface area contributed by atoms with Gasteiger partial charge in [-0.15, -0.1) is 0 Å². The van der Waals surface area contributed by atoms with Gasteiger partial charge in [0.2, 0.25) is 11.4 Å². The summed E-state index contributed by atoms with van der Waals surface area (Å²) in [6.07, 6.45) is 14.7. The van der Waals surface area contributed by atoms with Crippen molar-refractivity contribution in [3.05, 3.63) is 81.8 Å². The lowest BCUT2D eigenvalue weighted by atomic mass is 9.45. The van der Waals surface area contributed by atoms with Crippen LogP contribution in [0.15, 0.2) is 59.0 Å². The van der Waals surface area contributed by atoms with Crippen molar-refractivity contribution >= 4 is 23.1 Å². The van der Waals surface area contributed by atoms with E-state index in [9.17, 15) is 19.2 Å². The molecule has 0 aliphatic heterocycles. The third-order valence-corrected chi connectivity index (χ3v) is 12.8. The van der Waals surface area contributed by atoms with Crippen molar-refractivity contribution < 1.29 is 23.9 Å². The molecule has 7 nitrogen and oxygen atoms in total. The topological polar surface area (TPSA) is 86.2 Å². The maximum absolute atomic E-state index is 12.7. The molecule has 6 rings (SSSR count). The number of fused-ring (bicyclic) bond motifs is 6. The molecule has 242 valence electrons. The summed E-state index contributed by atoms with van der Waals surface area (Å²) in [5.74, 6) is 0.148. The maximum atomic E-state index is 12.7. The molecule has 46 heavy (non-hydrogen) atoms. The van der Waals surface area contributed by atoms with E-state index in [-0.39, 0.29) is 63.3 Å². The van der Waals surface area contributed by atoms with Gasteiger partial charge in [-0.2, -0.15) is 0 Å². The zero-order valence-corrected chi connectivity index (χ0v) is 28.7. The van der Waals surface area contributed by atoms with E-state index < -0.39 is 21.7 Å². The quantitative estimate of drug-likeness (QED) is 0.281. The molecule has 7 atom stereocenters. The van der Waals surface area contributed by atoms with Crippen LogP contribution in [0.3, 0.4) is 0 Å². The Balaban J connectivity index is 0.000000182. The molecule has 7 heteroatoms. The van der Waals surface area contributed by atoms with Crippen molar-refractivity contribution in [1.29, 1.82) is 0 Å². The standard InChI is InChI=1S/C20H25NO3.C19H21NO2/c1-18(2)14-7-8-19(3)15(9-12(22)10-16(19)24-6)20(14,4)11-13(21-5)17(18)23;1-17(2)14-7-9-18(3)8-6-12(21)10-15(18)19(14,4)11-13(20-5)16(17)22/h9,11,14,16H,7-8,10H2,1-4,6H3;6,8,10-11,14H,7,9H2,1-4H3/t14-,16+,19+,20-;14-,18+,19-/m00/s1. The number of hydrogen-bond donors (Lipinski definition) is 0. The molecule has 0 saturated heterocycles.